The molecule has 1 aliphatic heterocycles. The molecule has 2 nitrogen and oxygen atoms in total. The molecule has 14 heavy (non-hydrogen) atoms. The molecule has 3 aliphatic rings. The molecule has 0 aromatic heterocycles. The van der Waals surface area contributed by atoms with Crippen LogP contribution in [0.3, 0.4) is 0 Å². The normalized spacial score (nSPS) is 48.6. The number of hydrogen-bond acceptors (Lipinski definition) is 2. The summed E-state index contributed by atoms with van der Waals surface area (Å²) in [4.78, 5) is 0. The second-order valence-corrected chi connectivity index (χ2v) is 5.45. The molecular weight excluding hydrogens is 176 g/mol. The van der Waals surface area contributed by atoms with E-state index < -0.39 is 0 Å². The SMILES string of the molecule is OC(C1CCOC1)C1CC2CCC1C2. The van der Waals surface area contributed by atoms with Gasteiger partial charge in [-0.1, -0.05) is 6.42 Å². The van der Waals surface area contributed by atoms with Crippen molar-refractivity contribution >= 4 is 0 Å². The van der Waals surface area contributed by atoms with Gasteiger partial charge in [0.15, 0.2) is 0 Å². The van der Waals surface area contributed by atoms with Crippen molar-refractivity contribution in [1.29, 1.82) is 0 Å². The molecule has 0 aromatic rings. The van der Waals surface area contributed by atoms with Crippen LogP contribution in [0, 0.1) is 23.7 Å². The topological polar surface area (TPSA) is 29.5 Å². The number of aliphatic hydroxyl groups is 1. The first-order chi connectivity index (χ1) is 6.84. The van der Waals surface area contributed by atoms with Crippen molar-refractivity contribution in [2.24, 2.45) is 23.7 Å². The van der Waals surface area contributed by atoms with Gasteiger partial charge in [0.2, 0.25) is 0 Å². The minimum Gasteiger partial charge on any atom is -0.392 e. The Labute approximate surface area is 85.6 Å². The van der Waals surface area contributed by atoms with Crippen molar-refractivity contribution < 1.29 is 9.84 Å². The van der Waals surface area contributed by atoms with Gasteiger partial charge in [0.25, 0.3) is 0 Å². The summed E-state index contributed by atoms with van der Waals surface area (Å²) in [5.74, 6) is 2.84. The predicted octanol–water partition coefficient (Wildman–Crippen LogP) is 1.82. The van der Waals surface area contributed by atoms with Crippen LogP contribution >= 0.6 is 0 Å². The smallest absolute Gasteiger partial charge is 0.0622 e. The van der Waals surface area contributed by atoms with E-state index in [1.54, 1.807) is 0 Å². The van der Waals surface area contributed by atoms with Gasteiger partial charge in [-0.05, 0) is 43.4 Å². The number of ether oxygens (including phenoxy) is 1. The molecule has 3 rings (SSSR count). The fourth-order valence-electron chi connectivity index (χ4n) is 3.88. The lowest BCUT2D eigenvalue weighted by Gasteiger charge is -2.29. The lowest BCUT2D eigenvalue weighted by atomic mass is 9.79. The van der Waals surface area contributed by atoms with E-state index in [0.717, 1.165) is 31.5 Å². The van der Waals surface area contributed by atoms with Crippen LogP contribution in [0.1, 0.15) is 32.1 Å². The quantitative estimate of drug-likeness (QED) is 0.730. The predicted molar refractivity (Wildman–Crippen MR) is 53.9 cm³/mol. The highest BCUT2D eigenvalue weighted by Crippen LogP contribution is 2.50. The molecule has 5 atom stereocenters. The molecule has 80 valence electrons. The van der Waals surface area contributed by atoms with Crippen molar-refractivity contribution in [2.75, 3.05) is 13.2 Å². The molecule has 2 aliphatic carbocycles. The minimum atomic E-state index is -0.0622. The van der Waals surface area contributed by atoms with Crippen LogP contribution in [-0.2, 0) is 4.74 Å². The Balaban J connectivity index is 1.64. The van der Waals surface area contributed by atoms with Crippen molar-refractivity contribution in [3.63, 3.8) is 0 Å². The molecule has 3 fully saturated rings. The van der Waals surface area contributed by atoms with E-state index in [-0.39, 0.29) is 6.10 Å². The van der Waals surface area contributed by atoms with Crippen molar-refractivity contribution in [2.45, 2.75) is 38.2 Å². The molecule has 1 saturated heterocycles. The molecule has 2 bridgehead atoms. The van der Waals surface area contributed by atoms with Gasteiger partial charge in [0, 0.05) is 12.5 Å². The number of rotatable bonds is 2. The highest BCUT2D eigenvalue weighted by Gasteiger charge is 2.45. The number of aliphatic hydroxyl groups excluding tert-OH is 1. The Morgan fingerprint density at radius 2 is 2.07 bits per heavy atom. The molecule has 1 heterocycles. The van der Waals surface area contributed by atoms with Gasteiger partial charge >= 0.3 is 0 Å². The Hall–Kier alpha value is -0.0800. The van der Waals surface area contributed by atoms with E-state index >= 15 is 0 Å². The highest BCUT2D eigenvalue weighted by atomic mass is 16.5. The Bertz CT molecular complexity index is 210. The fraction of sp³-hybridized carbons (Fsp3) is 1.00. The first-order valence-corrected chi connectivity index (χ1v) is 6.10. The van der Waals surface area contributed by atoms with E-state index in [2.05, 4.69) is 0 Å². The van der Waals surface area contributed by atoms with E-state index in [9.17, 15) is 5.11 Å². The summed E-state index contributed by atoms with van der Waals surface area (Å²) in [6.07, 6.45) is 6.51. The lowest BCUT2D eigenvalue weighted by Crippen LogP contribution is -2.32. The summed E-state index contributed by atoms with van der Waals surface area (Å²) in [6, 6.07) is 0. The van der Waals surface area contributed by atoms with E-state index in [4.69, 9.17) is 4.74 Å². The summed E-state index contributed by atoms with van der Waals surface area (Å²) in [5.41, 5.74) is 0. The zero-order valence-electron chi connectivity index (χ0n) is 8.69. The van der Waals surface area contributed by atoms with Gasteiger partial charge in [0.05, 0.1) is 12.7 Å². The monoisotopic (exact) mass is 196 g/mol. The summed E-state index contributed by atoms with van der Waals surface area (Å²) in [5, 5.41) is 10.3. The Morgan fingerprint density at radius 1 is 1.14 bits per heavy atom. The maximum Gasteiger partial charge on any atom is 0.0622 e. The second kappa shape index (κ2) is 3.49. The second-order valence-electron chi connectivity index (χ2n) is 5.45. The molecule has 1 N–H and O–H groups in total. The molecule has 2 heteroatoms. The van der Waals surface area contributed by atoms with Crippen LogP contribution in [0.25, 0.3) is 0 Å². The standard InChI is InChI=1S/C12H20O2/c13-12(10-3-4-14-7-10)11-6-8-1-2-9(11)5-8/h8-13H,1-7H2. The van der Waals surface area contributed by atoms with E-state index in [0.29, 0.717) is 11.8 Å². The van der Waals surface area contributed by atoms with Crippen LogP contribution < -0.4 is 0 Å². The van der Waals surface area contributed by atoms with E-state index in [1.807, 2.05) is 0 Å². The third kappa shape index (κ3) is 1.40. The largest absolute Gasteiger partial charge is 0.392 e. The van der Waals surface area contributed by atoms with Gasteiger partial charge in [-0.25, -0.2) is 0 Å². The fourth-order valence-corrected chi connectivity index (χ4v) is 3.88. The van der Waals surface area contributed by atoms with Gasteiger partial charge in [-0.3, -0.25) is 0 Å². The van der Waals surface area contributed by atoms with Crippen LogP contribution in [0.15, 0.2) is 0 Å². The van der Waals surface area contributed by atoms with Gasteiger partial charge in [-0.2, -0.15) is 0 Å². The first-order valence-electron chi connectivity index (χ1n) is 6.10. The average Bonchev–Trinajstić information content (AvgIpc) is 2.93. The van der Waals surface area contributed by atoms with Crippen molar-refractivity contribution in [1.82, 2.24) is 0 Å². The van der Waals surface area contributed by atoms with E-state index in [1.165, 1.54) is 25.7 Å². The molecule has 0 spiro atoms. The summed E-state index contributed by atoms with van der Waals surface area (Å²) < 4.78 is 5.36. The minimum absolute atomic E-state index is 0.0622. The first kappa shape index (κ1) is 9.17. The number of hydrogen-bond donors (Lipinski definition) is 1. The lowest BCUT2D eigenvalue weighted by molar-refractivity contribution is 0.0204. The van der Waals surface area contributed by atoms with Crippen LogP contribution in [0.5, 0.6) is 0 Å². The zero-order chi connectivity index (χ0) is 9.54. The zero-order valence-corrected chi connectivity index (χ0v) is 8.69. The third-order valence-corrected chi connectivity index (χ3v) is 4.68. The van der Waals surface area contributed by atoms with Crippen LogP contribution in [0.2, 0.25) is 0 Å². The van der Waals surface area contributed by atoms with Crippen LogP contribution in [-0.4, -0.2) is 24.4 Å². The molecule has 0 radical (unpaired) electrons. The number of fused-ring (bicyclic) bond motifs is 2. The molecule has 0 aromatic carbocycles. The molecule has 0 amide bonds. The van der Waals surface area contributed by atoms with Gasteiger partial charge in [-0.15, -0.1) is 0 Å². The van der Waals surface area contributed by atoms with Crippen molar-refractivity contribution in [3.05, 3.63) is 0 Å². The summed E-state index contributed by atoms with van der Waals surface area (Å²) in [6.45, 7) is 1.66. The Kier molecular flexibility index (Phi) is 2.29. The summed E-state index contributed by atoms with van der Waals surface area (Å²) >= 11 is 0. The maximum atomic E-state index is 10.3. The molecular formula is C12H20O2. The van der Waals surface area contributed by atoms with Crippen LogP contribution in [0.4, 0.5) is 0 Å². The van der Waals surface area contributed by atoms with Gasteiger partial charge < -0.3 is 9.84 Å². The summed E-state index contributed by atoms with van der Waals surface area (Å²) in [7, 11) is 0. The third-order valence-electron chi connectivity index (χ3n) is 4.68. The van der Waals surface area contributed by atoms with Crippen molar-refractivity contribution in [3.8, 4) is 0 Å². The highest BCUT2D eigenvalue weighted by molar-refractivity contribution is 4.95. The van der Waals surface area contributed by atoms with Gasteiger partial charge in [0.1, 0.15) is 0 Å². The molecule has 2 saturated carbocycles. The molecule has 5 unspecified atom stereocenters. The maximum absolute atomic E-state index is 10.3. The average molecular weight is 196 g/mol. The Morgan fingerprint density at radius 3 is 2.64 bits per heavy atom.